The number of carbonyl (C=O) groups is 1. The van der Waals surface area contributed by atoms with Gasteiger partial charge >= 0.3 is 6.18 Å². The van der Waals surface area contributed by atoms with Crippen molar-refractivity contribution in [2.45, 2.75) is 74.5 Å². The van der Waals surface area contributed by atoms with E-state index >= 15 is 0 Å². The SMILES string of the molecule is O=C1COc2ccccc2C2CCC(CC2)OCC2N1CCCC21COC(C(F)(F)F)N1. The number of fused-ring (bicyclic) bond motifs is 5. The first-order valence-corrected chi connectivity index (χ1v) is 11.4. The van der Waals surface area contributed by atoms with Crippen LogP contribution >= 0.6 is 0 Å². The average Bonchev–Trinajstić information content (AvgIpc) is 3.22. The van der Waals surface area contributed by atoms with Crippen molar-refractivity contribution in [2.24, 2.45) is 0 Å². The van der Waals surface area contributed by atoms with Crippen LogP contribution in [0.3, 0.4) is 0 Å². The van der Waals surface area contributed by atoms with Gasteiger partial charge in [0.15, 0.2) is 6.61 Å². The minimum absolute atomic E-state index is 0.0387. The summed E-state index contributed by atoms with van der Waals surface area (Å²) in [6.45, 7) is 0.398. The molecule has 0 aromatic heterocycles. The number of hydrogen-bond donors (Lipinski definition) is 1. The lowest BCUT2D eigenvalue weighted by molar-refractivity contribution is -0.212. The lowest BCUT2D eigenvalue weighted by atomic mass is 9.81. The van der Waals surface area contributed by atoms with Crippen molar-refractivity contribution in [1.29, 1.82) is 0 Å². The fourth-order valence-corrected chi connectivity index (χ4v) is 5.76. The molecule has 1 spiro atoms. The maximum Gasteiger partial charge on any atom is 0.428 e. The molecule has 1 aromatic rings. The fourth-order valence-electron chi connectivity index (χ4n) is 5.76. The normalized spacial score (nSPS) is 36.0. The van der Waals surface area contributed by atoms with Gasteiger partial charge in [-0.05, 0) is 56.1 Å². The summed E-state index contributed by atoms with van der Waals surface area (Å²) in [5.41, 5.74) is 0.132. The minimum atomic E-state index is -4.51. The van der Waals surface area contributed by atoms with Crippen molar-refractivity contribution in [3.8, 4) is 5.75 Å². The third-order valence-corrected chi connectivity index (χ3v) is 7.45. The molecular weight excluding hydrogens is 425 g/mol. The van der Waals surface area contributed by atoms with Crippen molar-refractivity contribution >= 4 is 5.91 Å². The highest BCUT2D eigenvalue weighted by Crippen LogP contribution is 2.41. The Kier molecular flexibility index (Phi) is 5.84. The van der Waals surface area contributed by atoms with Crippen LogP contribution in [0.15, 0.2) is 24.3 Å². The second-order valence-electron chi connectivity index (χ2n) is 9.37. The van der Waals surface area contributed by atoms with Gasteiger partial charge in [0.05, 0.1) is 30.9 Å². The van der Waals surface area contributed by atoms with Crippen molar-refractivity contribution in [3.05, 3.63) is 29.8 Å². The van der Waals surface area contributed by atoms with Gasteiger partial charge in [-0.3, -0.25) is 10.1 Å². The molecule has 32 heavy (non-hydrogen) atoms. The van der Waals surface area contributed by atoms with E-state index in [1.54, 1.807) is 4.90 Å². The number of nitrogens with one attached hydrogen (secondary N) is 1. The topological polar surface area (TPSA) is 60.0 Å². The van der Waals surface area contributed by atoms with Crippen LogP contribution in [-0.2, 0) is 14.3 Å². The Morgan fingerprint density at radius 3 is 2.62 bits per heavy atom. The molecule has 6 nitrogen and oxygen atoms in total. The molecule has 3 atom stereocenters. The third kappa shape index (κ3) is 4.10. The molecule has 176 valence electrons. The van der Waals surface area contributed by atoms with Gasteiger partial charge in [-0.2, -0.15) is 13.2 Å². The molecule has 3 fully saturated rings. The van der Waals surface area contributed by atoms with E-state index in [-0.39, 0.29) is 31.8 Å². The van der Waals surface area contributed by atoms with E-state index in [0.29, 0.717) is 31.1 Å². The van der Waals surface area contributed by atoms with Crippen LogP contribution in [0.5, 0.6) is 5.75 Å². The van der Waals surface area contributed by atoms with E-state index < -0.39 is 24.0 Å². The first-order valence-electron chi connectivity index (χ1n) is 11.4. The molecule has 2 bridgehead atoms. The molecule has 0 radical (unpaired) electrons. The van der Waals surface area contributed by atoms with Crippen LogP contribution in [0.2, 0.25) is 0 Å². The lowest BCUT2D eigenvalue weighted by Crippen LogP contribution is -2.67. The first-order chi connectivity index (χ1) is 15.4. The van der Waals surface area contributed by atoms with Gasteiger partial charge in [0.2, 0.25) is 6.23 Å². The number of rotatable bonds is 0. The largest absolute Gasteiger partial charge is 0.483 e. The molecule has 9 heteroatoms. The van der Waals surface area contributed by atoms with Crippen molar-refractivity contribution < 1.29 is 32.2 Å². The summed E-state index contributed by atoms with van der Waals surface area (Å²) in [7, 11) is 0. The van der Waals surface area contributed by atoms with Gasteiger partial charge in [-0.25, -0.2) is 0 Å². The molecule has 1 aliphatic carbocycles. The van der Waals surface area contributed by atoms with Crippen LogP contribution in [0.25, 0.3) is 0 Å². The number of nitrogens with zero attached hydrogens (tertiary/aromatic N) is 1. The molecule has 4 heterocycles. The van der Waals surface area contributed by atoms with Crippen molar-refractivity contribution in [3.63, 3.8) is 0 Å². The fraction of sp³-hybridized carbons (Fsp3) is 0.696. The highest BCUT2D eigenvalue weighted by atomic mass is 19.4. The predicted octanol–water partition coefficient (Wildman–Crippen LogP) is 3.36. The van der Waals surface area contributed by atoms with Crippen LogP contribution in [0, 0.1) is 0 Å². The average molecular weight is 454 g/mol. The van der Waals surface area contributed by atoms with E-state index in [2.05, 4.69) is 11.4 Å². The summed E-state index contributed by atoms with van der Waals surface area (Å²) < 4.78 is 57.4. The van der Waals surface area contributed by atoms with Crippen LogP contribution in [0.1, 0.15) is 50.0 Å². The molecule has 1 amide bonds. The molecule has 1 aromatic carbocycles. The van der Waals surface area contributed by atoms with Crippen molar-refractivity contribution in [1.82, 2.24) is 10.2 Å². The highest BCUT2D eigenvalue weighted by molar-refractivity contribution is 5.78. The van der Waals surface area contributed by atoms with Crippen molar-refractivity contribution in [2.75, 3.05) is 26.4 Å². The monoisotopic (exact) mass is 454 g/mol. The Balaban J connectivity index is 1.44. The lowest BCUT2D eigenvalue weighted by Gasteiger charge is -2.48. The molecule has 6 rings (SSSR count). The zero-order chi connectivity index (χ0) is 22.3. The zero-order valence-corrected chi connectivity index (χ0v) is 17.9. The number of benzene rings is 1. The van der Waals surface area contributed by atoms with Gasteiger partial charge in [0.1, 0.15) is 5.75 Å². The summed E-state index contributed by atoms with van der Waals surface area (Å²) in [6, 6.07) is 7.28. The number of halogens is 3. The molecule has 4 aliphatic heterocycles. The van der Waals surface area contributed by atoms with E-state index in [4.69, 9.17) is 14.2 Å². The quantitative estimate of drug-likeness (QED) is 0.652. The number of ether oxygens (including phenoxy) is 3. The van der Waals surface area contributed by atoms with E-state index in [1.165, 1.54) is 0 Å². The van der Waals surface area contributed by atoms with Gasteiger partial charge in [0.25, 0.3) is 5.91 Å². The van der Waals surface area contributed by atoms with Gasteiger partial charge in [-0.15, -0.1) is 0 Å². The molecule has 3 unspecified atom stereocenters. The van der Waals surface area contributed by atoms with Gasteiger partial charge in [-0.1, -0.05) is 18.2 Å². The molecule has 1 N–H and O–H groups in total. The van der Waals surface area contributed by atoms with Crippen LogP contribution in [0.4, 0.5) is 13.2 Å². The Labute approximate surface area is 185 Å². The Morgan fingerprint density at radius 2 is 1.88 bits per heavy atom. The summed E-state index contributed by atoms with van der Waals surface area (Å²) >= 11 is 0. The number of amides is 1. The third-order valence-electron chi connectivity index (χ3n) is 7.45. The number of para-hydroxylation sites is 1. The predicted molar refractivity (Wildman–Crippen MR) is 109 cm³/mol. The Hall–Kier alpha value is -1.84. The summed E-state index contributed by atoms with van der Waals surface area (Å²) in [4.78, 5) is 14.9. The number of alkyl halides is 3. The van der Waals surface area contributed by atoms with Crippen LogP contribution in [-0.4, -0.2) is 67.3 Å². The van der Waals surface area contributed by atoms with Gasteiger partial charge in [0, 0.05) is 6.54 Å². The van der Waals surface area contributed by atoms with E-state index in [0.717, 1.165) is 31.2 Å². The molecule has 1 saturated carbocycles. The highest BCUT2D eigenvalue weighted by Gasteiger charge is 2.57. The summed E-state index contributed by atoms with van der Waals surface area (Å²) in [5, 5.41) is 2.69. The summed E-state index contributed by atoms with van der Waals surface area (Å²) in [5.74, 6) is 0.830. The number of hydrogen-bond acceptors (Lipinski definition) is 5. The van der Waals surface area contributed by atoms with Crippen LogP contribution < -0.4 is 10.1 Å². The maximum atomic E-state index is 13.4. The zero-order valence-electron chi connectivity index (χ0n) is 17.9. The Bertz CT molecular complexity index is 843. The number of piperidine rings is 1. The standard InChI is InChI=1S/C23H29F3N2O4/c24-23(25,26)21-27-22(14-32-21)10-3-11-28-19(22)12-30-16-8-6-15(7-9-16)17-4-1-2-5-18(17)31-13-20(28)29/h1-2,4-5,15-16,19,21,27H,3,6-14H2. The Morgan fingerprint density at radius 1 is 1.09 bits per heavy atom. The maximum absolute atomic E-state index is 13.4. The second kappa shape index (κ2) is 8.50. The first kappa shape index (κ1) is 22.0. The summed E-state index contributed by atoms with van der Waals surface area (Å²) in [6.07, 6.45) is -1.75. The van der Waals surface area contributed by atoms with E-state index in [9.17, 15) is 18.0 Å². The second-order valence-corrected chi connectivity index (χ2v) is 9.37. The molecular formula is C23H29F3N2O4. The van der Waals surface area contributed by atoms with E-state index in [1.807, 2.05) is 18.2 Å². The molecule has 5 aliphatic rings. The minimum Gasteiger partial charge on any atom is -0.483 e. The van der Waals surface area contributed by atoms with Gasteiger partial charge < -0.3 is 19.1 Å². The number of carbonyl (C=O) groups excluding carboxylic acids is 1. The smallest absolute Gasteiger partial charge is 0.428 e. The molecule has 2 saturated heterocycles.